The van der Waals surface area contributed by atoms with Crippen molar-refractivity contribution in [2.45, 2.75) is 29.8 Å². The van der Waals surface area contributed by atoms with E-state index in [9.17, 15) is 13.0 Å². The summed E-state index contributed by atoms with van der Waals surface area (Å²) in [5.74, 6) is -1.10. The normalized spacial score (nSPS) is 20.3. The molecule has 1 saturated heterocycles. The Hall–Kier alpha value is -3.56. The predicted octanol–water partition coefficient (Wildman–Crippen LogP) is 4.95. The fraction of sp³-hybridized carbons (Fsp3) is 0.179. The van der Waals surface area contributed by atoms with E-state index in [2.05, 4.69) is 4.98 Å². The Kier molecular flexibility index (Phi) is 5.61. The molecule has 36 heavy (non-hydrogen) atoms. The Morgan fingerprint density at radius 3 is 2.42 bits per heavy atom. The van der Waals surface area contributed by atoms with Crippen LogP contribution < -0.4 is 0 Å². The first-order valence-electron chi connectivity index (χ1n) is 11.7. The summed E-state index contributed by atoms with van der Waals surface area (Å²) in [6.45, 7) is 0.629. The van der Waals surface area contributed by atoms with Gasteiger partial charge in [-0.3, -0.25) is 4.55 Å². The number of hydrogen-bond donors (Lipinski definition) is 1. The van der Waals surface area contributed by atoms with Gasteiger partial charge in [-0.25, -0.2) is 4.98 Å². The van der Waals surface area contributed by atoms with E-state index in [0.717, 1.165) is 27.1 Å². The van der Waals surface area contributed by atoms with Crippen LogP contribution in [0.4, 0.5) is 0 Å². The molecule has 0 spiro atoms. The minimum absolute atomic E-state index is 0.109. The van der Waals surface area contributed by atoms with Crippen LogP contribution in [0, 0.1) is 0 Å². The summed E-state index contributed by atoms with van der Waals surface area (Å²) in [5, 5.41) is 3.73. The molecule has 7 nitrogen and oxygen atoms in total. The molecule has 1 N–H and O–H groups in total. The highest BCUT2D eigenvalue weighted by Crippen LogP contribution is 2.41. The Morgan fingerprint density at radius 2 is 1.67 bits per heavy atom. The van der Waals surface area contributed by atoms with Gasteiger partial charge in [0, 0.05) is 24.4 Å². The second-order valence-corrected chi connectivity index (χ2v) is 10.4. The number of hydrogen-bond acceptors (Lipinski definition) is 5. The van der Waals surface area contributed by atoms with Crippen LogP contribution >= 0.6 is 0 Å². The fourth-order valence-corrected chi connectivity index (χ4v) is 5.89. The lowest BCUT2D eigenvalue weighted by Gasteiger charge is -2.30. The molecule has 1 aliphatic heterocycles. The summed E-state index contributed by atoms with van der Waals surface area (Å²) in [7, 11) is -4.43. The zero-order valence-electron chi connectivity index (χ0n) is 19.3. The molecule has 0 aliphatic carbocycles. The highest BCUT2D eigenvalue weighted by Gasteiger charge is 2.45. The molecule has 1 fully saturated rings. The van der Waals surface area contributed by atoms with Gasteiger partial charge in [0.1, 0.15) is 0 Å². The predicted molar refractivity (Wildman–Crippen MR) is 136 cm³/mol. The van der Waals surface area contributed by atoms with E-state index in [1.165, 1.54) is 6.07 Å². The van der Waals surface area contributed by atoms with Crippen LogP contribution in [0.25, 0.3) is 21.5 Å². The summed E-state index contributed by atoms with van der Waals surface area (Å²) in [4.78, 5) is 4.06. The maximum absolute atomic E-state index is 12.3. The molecule has 2 heterocycles. The molecule has 0 bridgehead atoms. The van der Waals surface area contributed by atoms with Crippen molar-refractivity contribution in [1.82, 2.24) is 9.55 Å². The van der Waals surface area contributed by atoms with Crippen LogP contribution in [-0.2, 0) is 38.3 Å². The largest absolute Gasteiger partial charge is 0.342 e. The number of aromatic nitrogens is 2. The third-order valence-corrected chi connectivity index (χ3v) is 7.65. The minimum atomic E-state index is -4.43. The van der Waals surface area contributed by atoms with Gasteiger partial charge >= 0.3 is 0 Å². The number of imidazole rings is 1. The summed E-state index contributed by atoms with van der Waals surface area (Å²) >= 11 is 0. The monoisotopic (exact) mass is 500 g/mol. The molecule has 1 aliphatic rings. The van der Waals surface area contributed by atoms with Gasteiger partial charge in [0.05, 0.1) is 30.5 Å². The standard InChI is InChI=1S/C28H24N2O5S/c31-36(32,33)27-13-12-21-7-1-3-9-23(21)25(27)16-22-17-34-28(35-22,18-30-15-14-29-19-30)26-11-5-8-20-6-2-4-10-24(20)26/h1-15,19,22H,16-18H2,(H,31,32,33). The molecule has 8 heteroatoms. The zero-order valence-corrected chi connectivity index (χ0v) is 20.1. The molecule has 2 atom stereocenters. The number of rotatable bonds is 6. The van der Waals surface area contributed by atoms with Crippen LogP contribution in [0.15, 0.2) is 102 Å². The summed E-state index contributed by atoms with van der Waals surface area (Å²) in [6, 6.07) is 24.8. The average molecular weight is 501 g/mol. The van der Waals surface area contributed by atoms with Crippen molar-refractivity contribution in [3.05, 3.63) is 109 Å². The maximum atomic E-state index is 12.3. The van der Waals surface area contributed by atoms with Gasteiger partial charge in [-0.05, 0) is 33.2 Å². The Balaban J connectivity index is 1.43. The van der Waals surface area contributed by atoms with Crippen LogP contribution in [0.5, 0.6) is 0 Å². The van der Waals surface area contributed by atoms with Crippen LogP contribution in [-0.4, -0.2) is 35.2 Å². The smallest absolute Gasteiger partial charge is 0.294 e. The first kappa shape index (κ1) is 22.9. The van der Waals surface area contributed by atoms with Gasteiger partial charge in [-0.15, -0.1) is 0 Å². The highest BCUT2D eigenvalue weighted by atomic mass is 32.2. The van der Waals surface area contributed by atoms with Gasteiger partial charge in [-0.1, -0.05) is 72.8 Å². The van der Waals surface area contributed by atoms with E-state index in [0.29, 0.717) is 12.1 Å². The van der Waals surface area contributed by atoms with Gasteiger partial charge < -0.3 is 14.0 Å². The highest BCUT2D eigenvalue weighted by molar-refractivity contribution is 7.85. The number of fused-ring (bicyclic) bond motifs is 2. The van der Waals surface area contributed by atoms with Crippen molar-refractivity contribution in [3.8, 4) is 0 Å². The van der Waals surface area contributed by atoms with Crippen LogP contribution in [0.3, 0.4) is 0 Å². The van der Waals surface area contributed by atoms with Gasteiger partial charge in [0.15, 0.2) is 0 Å². The van der Waals surface area contributed by atoms with Crippen molar-refractivity contribution in [2.24, 2.45) is 0 Å². The zero-order chi connectivity index (χ0) is 24.8. The second kappa shape index (κ2) is 8.83. The quantitative estimate of drug-likeness (QED) is 0.332. The molecule has 0 amide bonds. The topological polar surface area (TPSA) is 90.7 Å². The lowest BCUT2D eigenvalue weighted by atomic mass is 9.97. The maximum Gasteiger partial charge on any atom is 0.294 e. The first-order valence-corrected chi connectivity index (χ1v) is 13.1. The second-order valence-electron chi connectivity index (χ2n) is 9.01. The molecule has 182 valence electrons. The molecule has 5 aromatic rings. The van der Waals surface area contributed by atoms with Crippen molar-refractivity contribution >= 4 is 31.7 Å². The Bertz CT molecular complexity index is 1660. The third kappa shape index (κ3) is 4.08. The summed E-state index contributed by atoms with van der Waals surface area (Å²) in [6.07, 6.45) is 5.09. The van der Waals surface area contributed by atoms with E-state index in [4.69, 9.17) is 9.47 Å². The average Bonchev–Trinajstić information content (AvgIpc) is 3.54. The van der Waals surface area contributed by atoms with E-state index in [-0.39, 0.29) is 17.9 Å². The SMILES string of the molecule is O=S(=O)(O)c1ccc2ccccc2c1CC1COC(Cn2ccnc2)(c2cccc3ccccc23)O1. The molecule has 0 radical (unpaired) electrons. The first-order chi connectivity index (χ1) is 17.4. The third-order valence-electron chi connectivity index (χ3n) is 6.72. The van der Waals surface area contributed by atoms with Gasteiger partial charge in [-0.2, -0.15) is 8.42 Å². The summed E-state index contributed by atoms with van der Waals surface area (Å²) in [5.41, 5.74) is 1.41. The molecule has 0 saturated carbocycles. The lowest BCUT2D eigenvalue weighted by molar-refractivity contribution is -0.185. The molecule has 6 rings (SSSR count). The van der Waals surface area contributed by atoms with Crippen LogP contribution in [0.1, 0.15) is 11.1 Å². The van der Waals surface area contributed by atoms with Crippen molar-refractivity contribution < 1.29 is 22.4 Å². The van der Waals surface area contributed by atoms with Crippen LogP contribution in [0.2, 0.25) is 0 Å². The fourth-order valence-electron chi connectivity index (χ4n) is 5.15. The van der Waals surface area contributed by atoms with Gasteiger partial charge in [0.2, 0.25) is 5.79 Å². The van der Waals surface area contributed by atoms with Gasteiger partial charge in [0.25, 0.3) is 10.1 Å². The van der Waals surface area contributed by atoms with E-state index >= 15 is 0 Å². The van der Waals surface area contributed by atoms with E-state index in [1.807, 2.05) is 77.5 Å². The van der Waals surface area contributed by atoms with Crippen molar-refractivity contribution in [1.29, 1.82) is 0 Å². The lowest BCUT2D eigenvalue weighted by Crippen LogP contribution is -2.34. The Labute approximate surface area is 208 Å². The van der Waals surface area contributed by atoms with E-state index in [1.54, 1.807) is 18.6 Å². The molecular formula is C28H24N2O5S. The van der Waals surface area contributed by atoms with Crippen molar-refractivity contribution in [3.63, 3.8) is 0 Å². The number of nitrogens with zero attached hydrogens (tertiary/aromatic N) is 2. The molecule has 2 unspecified atom stereocenters. The van der Waals surface area contributed by atoms with Crippen molar-refractivity contribution in [2.75, 3.05) is 6.61 Å². The molecule has 1 aromatic heterocycles. The van der Waals surface area contributed by atoms with E-state index < -0.39 is 22.0 Å². The Morgan fingerprint density at radius 1 is 0.944 bits per heavy atom. The molecule has 4 aromatic carbocycles. The minimum Gasteiger partial charge on any atom is -0.342 e. The summed E-state index contributed by atoms with van der Waals surface area (Å²) < 4.78 is 49.5. The number of benzene rings is 4. The molecular weight excluding hydrogens is 476 g/mol. The number of ether oxygens (including phenoxy) is 2.